The third kappa shape index (κ3) is 6.13. The predicted molar refractivity (Wildman–Crippen MR) is 129 cm³/mol. The summed E-state index contributed by atoms with van der Waals surface area (Å²) in [6.45, 7) is 3.63. The van der Waals surface area contributed by atoms with Crippen molar-refractivity contribution in [3.8, 4) is 0 Å². The zero-order valence-electron chi connectivity index (χ0n) is 18.4. The number of hydrogen-bond donors (Lipinski definition) is 2. The Labute approximate surface area is 207 Å². The van der Waals surface area contributed by atoms with Gasteiger partial charge in [0.15, 0.2) is 0 Å². The fourth-order valence-electron chi connectivity index (χ4n) is 4.07. The average molecular weight is 506 g/mol. The number of halogens is 2. The van der Waals surface area contributed by atoms with Crippen molar-refractivity contribution in [3.63, 3.8) is 0 Å². The smallest absolute Gasteiger partial charge is 0.243 e. The van der Waals surface area contributed by atoms with Crippen molar-refractivity contribution in [2.75, 3.05) is 56.0 Å². The van der Waals surface area contributed by atoms with E-state index in [4.69, 9.17) is 23.2 Å². The van der Waals surface area contributed by atoms with Crippen molar-refractivity contribution >= 4 is 52.6 Å². The fraction of sp³-hybridized carbons (Fsp3) is 0.409. The van der Waals surface area contributed by atoms with E-state index in [1.807, 2.05) is 4.90 Å². The first-order valence-corrected chi connectivity index (χ1v) is 11.7. The quantitative estimate of drug-likeness (QED) is 0.607. The first-order valence-electron chi connectivity index (χ1n) is 11.0. The molecule has 1 atom stereocenters. The van der Waals surface area contributed by atoms with Gasteiger partial charge in [-0.2, -0.15) is 0 Å². The van der Waals surface area contributed by atoms with Crippen molar-refractivity contribution < 1.29 is 14.4 Å². The molecular formula is C22H25Cl2N7O3. The van der Waals surface area contributed by atoms with Gasteiger partial charge in [0.25, 0.3) is 0 Å². The molecule has 0 radical (unpaired) electrons. The van der Waals surface area contributed by atoms with Crippen molar-refractivity contribution in [1.29, 1.82) is 0 Å². The Kier molecular flexibility index (Phi) is 7.81. The van der Waals surface area contributed by atoms with Gasteiger partial charge in [0.2, 0.25) is 23.7 Å². The van der Waals surface area contributed by atoms with Crippen molar-refractivity contribution in [3.05, 3.63) is 46.7 Å². The van der Waals surface area contributed by atoms with Crippen LogP contribution in [0.5, 0.6) is 0 Å². The van der Waals surface area contributed by atoms with Crippen LogP contribution in [0.4, 0.5) is 11.6 Å². The number of benzene rings is 1. The highest BCUT2D eigenvalue weighted by atomic mass is 35.5. The van der Waals surface area contributed by atoms with Crippen LogP contribution in [-0.4, -0.2) is 89.3 Å². The van der Waals surface area contributed by atoms with Crippen LogP contribution in [0, 0.1) is 0 Å². The van der Waals surface area contributed by atoms with Crippen LogP contribution < -0.4 is 15.5 Å². The molecule has 1 aromatic heterocycles. The highest BCUT2D eigenvalue weighted by Gasteiger charge is 2.35. The van der Waals surface area contributed by atoms with Gasteiger partial charge in [0, 0.05) is 67.4 Å². The van der Waals surface area contributed by atoms with Gasteiger partial charge in [0.1, 0.15) is 6.04 Å². The van der Waals surface area contributed by atoms with E-state index >= 15 is 0 Å². The Hall–Kier alpha value is -2.95. The maximum atomic E-state index is 13.1. The number of piperazine rings is 2. The molecule has 2 aliphatic rings. The van der Waals surface area contributed by atoms with E-state index in [2.05, 4.69) is 25.5 Å². The van der Waals surface area contributed by atoms with E-state index in [1.165, 1.54) is 4.90 Å². The monoisotopic (exact) mass is 505 g/mol. The minimum atomic E-state index is -0.880. The molecule has 2 saturated heterocycles. The fourth-order valence-corrected chi connectivity index (χ4v) is 4.60. The number of nitrogens with one attached hydrogen (secondary N) is 2. The van der Waals surface area contributed by atoms with E-state index in [-0.39, 0.29) is 24.8 Å². The highest BCUT2D eigenvalue weighted by molar-refractivity contribution is 6.35. The number of hydrogen-bond acceptors (Lipinski definition) is 7. The third-order valence-corrected chi connectivity index (χ3v) is 6.18. The van der Waals surface area contributed by atoms with Crippen LogP contribution in [-0.2, 0) is 14.4 Å². The number of carbonyl (C=O) groups excluding carboxylic acids is 3. The Balaban J connectivity index is 1.33. The molecule has 3 amide bonds. The van der Waals surface area contributed by atoms with Crippen molar-refractivity contribution in [2.45, 2.75) is 12.5 Å². The summed E-state index contributed by atoms with van der Waals surface area (Å²) in [5.41, 5.74) is 0.428. The molecule has 12 heteroatoms. The van der Waals surface area contributed by atoms with E-state index in [9.17, 15) is 14.4 Å². The lowest BCUT2D eigenvalue weighted by atomic mass is 10.1. The van der Waals surface area contributed by atoms with Crippen molar-refractivity contribution in [1.82, 2.24) is 25.1 Å². The highest BCUT2D eigenvalue weighted by Crippen LogP contribution is 2.23. The third-order valence-electron chi connectivity index (χ3n) is 5.74. The molecule has 2 aliphatic heterocycles. The molecule has 2 N–H and O–H groups in total. The molecule has 2 aromatic rings. The number of nitrogens with zero attached hydrogens (tertiary/aromatic N) is 5. The van der Waals surface area contributed by atoms with Gasteiger partial charge in [-0.05, 0) is 24.3 Å². The molecule has 1 aromatic carbocycles. The van der Waals surface area contributed by atoms with Crippen molar-refractivity contribution in [2.24, 2.45) is 0 Å². The zero-order chi connectivity index (χ0) is 24.1. The number of anilines is 2. The molecule has 0 spiro atoms. The van der Waals surface area contributed by atoms with E-state index in [1.54, 1.807) is 36.7 Å². The van der Waals surface area contributed by atoms with E-state index in [0.29, 0.717) is 60.9 Å². The number of aromatic nitrogens is 2. The lowest BCUT2D eigenvalue weighted by molar-refractivity contribution is -0.145. The first kappa shape index (κ1) is 24.2. The summed E-state index contributed by atoms with van der Waals surface area (Å²) in [7, 11) is 0. The summed E-state index contributed by atoms with van der Waals surface area (Å²) in [6, 6.07) is 5.58. The molecular weight excluding hydrogens is 481 g/mol. The summed E-state index contributed by atoms with van der Waals surface area (Å²) in [5, 5.41) is 6.21. The summed E-state index contributed by atoms with van der Waals surface area (Å²) in [4.78, 5) is 52.4. The molecule has 3 heterocycles. The summed E-state index contributed by atoms with van der Waals surface area (Å²) in [6.07, 6.45) is 3.24. The first-order chi connectivity index (χ1) is 16.4. The van der Waals surface area contributed by atoms with Gasteiger partial charge in [0.05, 0.1) is 13.0 Å². The number of rotatable bonds is 6. The van der Waals surface area contributed by atoms with Gasteiger partial charge in [-0.3, -0.25) is 19.3 Å². The van der Waals surface area contributed by atoms with E-state index < -0.39 is 11.9 Å². The second-order valence-electron chi connectivity index (χ2n) is 8.12. The van der Waals surface area contributed by atoms with Crippen LogP contribution in [0.15, 0.2) is 36.7 Å². The van der Waals surface area contributed by atoms with Gasteiger partial charge < -0.3 is 20.4 Å². The molecule has 0 bridgehead atoms. The lowest BCUT2D eigenvalue weighted by Crippen LogP contribution is -2.60. The molecule has 180 valence electrons. The van der Waals surface area contributed by atoms with Crippen LogP contribution in [0.25, 0.3) is 0 Å². The summed E-state index contributed by atoms with van der Waals surface area (Å²) in [5.74, 6) is -0.254. The van der Waals surface area contributed by atoms with Crippen LogP contribution in [0.3, 0.4) is 0 Å². The minimum absolute atomic E-state index is 0.166. The lowest BCUT2D eigenvalue weighted by Gasteiger charge is -2.38. The van der Waals surface area contributed by atoms with Crippen LogP contribution in [0.1, 0.15) is 6.42 Å². The molecule has 0 aliphatic carbocycles. The Morgan fingerprint density at radius 1 is 1.03 bits per heavy atom. The number of amides is 3. The zero-order valence-corrected chi connectivity index (χ0v) is 19.9. The second kappa shape index (κ2) is 11.0. The van der Waals surface area contributed by atoms with Gasteiger partial charge in [-0.15, -0.1) is 0 Å². The topological polar surface area (TPSA) is 111 Å². The summed E-state index contributed by atoms with van der Waals surface area (Å²) < 4.78 is 0. The van der Waals surface area contributed by atoms with Crippen LogP contribution in [0.2, 0.25) is 10.0 Å². The maximum absolute atomic E-state index is 13.1. The standard InChI is InChI=1S/C22H25Cl2N7O3/c23-15-10-16(24)12-17(11-15)28-19(32)13-18-21(34)25-4-5-31(18)20(33)14-29-6-8-30(9-7-29)22-26-2-1-3-27-22/h1-3,10-12,18H,4-9,13-14H2,(H,25,34)(H,28,32)/t18-/m0/s1. The van der Waals surface area contributed by atoms with Gasteiger partial charge in [-0.25, -0.2) is 9.97 Å². The molecule has 0 unspecified atom stereocenters. The molecule has 0 saturated carbocycles. The van der Waals surface area contributed by atoms with E-state index in [0.717, 1.165) is 0 Å². The Morgan fingerprint density at radius 2 is 1.71 bits per heavy atom. The molecule has 10 nitrogen and oxygen atoms in total. The SMILES string of the molecule is O=C(C[C@H]1C(=O)NCCN1C(=O)CN1CCN(c2ncccn2)CC1)Nc1cc(Cl)cc(Cl)c1. The Bertz CT molecular complexity index is 1030. The molecule has 2 fully saturated rings. The maximum Gasteiger partial charge on any atom is 0.243 e. The minimum Gasteiger partial charge on any atom is -0.353 e. The second-order valence-corrected chi connectivity index (χ2v) is 8.99. The molecule has 4 rings (SSSR count). The number of carbonyl (C=O) groups is 3. The largest absolute Gasteiger partial charge is 0.353 e. The van der Waals surface area contributed by atoms with Gasteiger partial charge in [-0.1, -0.05) is 23.2 Å². The predicted octanol–water partition coefficient (Wildman–Crippen LogP) is 1.26. The normalized spacial score (nSPS) is 19.0. The van der Waals surface area contributed by atoms with Gasteiger partial charge >= 0.3 is 0 Å². The summed E-state index contributed by atoms with van der Waals surface area (Å²) >= 11 is 12.0. The van der Waals surface area contributed by atoms with Crippen LogP contribution >= 0.6 is 23.2 Å². The Morgan fingerprint density at radius 3 is 2.38 bits per heavy atom. The average Bonchev–Trinajstić information content (AvgIpc) is 2.80. The molecule has 34 heavy (non-hydrogen) atoms.